The number of fused-ring (bicyclic) bond motifs is 1. The minimum atomic E-state index is 0.688. The third-order valence-electron chi connectivity index (χ3n) is 3.14. The van der Waals surface area contributed by atoms with Crippen LogP contribution in [0.2, 0.25) is 5.02 Å². The molecule has 2 aromatic heterocycles. The lowest BCUT2D eigenvalue weighted by Crippen LogP contribution is -1.99. The standard InChI is InChI=1S/C13H13ClN4S/c1-3-18-10-5-4-8(14)6-9(10)16-13(18)11-7(2)17-19-12(11)15/h4-6H,3,15H2,1-2H3. The van der Waals surface area contributed by atoms with Crippen molar-refractivity contribution in [3.63, 3.8) is 0 Å². The second-order valence-electron chi connectivity index (χ2n) is 4.32. The lowest BCUT2D eigenvalue weighted by molar-refractivity contribution is 0.796. The van der Waals surface area contributed by atoms with E-state index in [4.69, 9.17) is 17.3 Å². The van der Waals surface area contributed by atoms with Gasteiger partial charge in [0.1, 0.15) is 10.8 Å². The zero-order chi connectivity index (χ0) is 13.6. The van der Waals surface area contributed by atoms with E-state index in [-0.39, 0.29) is 0 Å². The molecule has 0 saturated heterocycles. The topological polar surface area (TPSA) is 56.7 Å². The van der Waals surface area contributed by atoms with E-state index >= 15 is 0 Å². The Morgan fingerprint density at radius 2 is 2.21 bits per heavy atom. The van der Waals surface area contributed by atoms with Gasteiger partial charge < -0.3 is 10.3 Å². The van der Waals surface area contributed by atoms with E-state index in [9.17, 15) is 0 Å². The number of rotatable bonds is 2. The summed E-state index contributed by atoms with van der Waals surface area (Å²) in [6, 6.07) is 5.74. The molecule has 2 heterocycles. The van der Waals surface area contributed by atoms with Crippen molar-refractivity contribution in [3.05, 3.63) is 28.9 Å². The van der Waals surface area contributed by atoms with Crippen LogP contribution in [0.1, 0.15) is 12.6 Å². The number of nitrogen functional groups attached to an aromatic ring is 1. The number of nitrogens with zero attached hydrogens (tertiary/aromatic N) is 3. The number of halogens is 1. The molecule has 0 amide bonds. The fourth-order valence-corrected chi connectivity index (χ4v) is 3.10. The fraction of sp³-hybridized carbons (Fsp3) is 0.231. The predicted octanol–water partition coefficient (Wildman–Crippen LogP) is 3.72. The molecule has 2 N–H and O–H groups in total. The molecule has 0 atom stereocenters. The first-order chi connectivity index (χ1) is 9.11. The molecule has 1 aromatic carbocycles. The molecule has 0 radical (unpaired) electrons. The van der Waals surface area contributed by atoms with Gasteiger partial charge in [-0.1, -0.05) is 11.6 Å². The first kappa shape index (κ1) is 12.4. The maximum absolute atomic E-state index is 6.03. The van der Waals surface area contributed by atoms with Gasteiger partial charge in [0.25, 0.3) is 0 Å². The van der Waals surface area contributed by atoms with Crippen molar-refractivity contribution in [1.82, 2.24) is 13.9 Å². The molecule has 0 aliphatic carbocycles. The minimum absolute atomic E-state index is 0.688. The molecule has 19 heavy (non-hydrogen) atoms. The van der Waals surface area contributed by atoms with Crippen LogP contribution in [0.25, 0.3) is 22.4 Å². The van der Waals surface area contributed by atoms with Gasteiger partial charge in [-0.2, -0.15) is 4.37 Å². The molecule has 0 saturated carbocycles. The summed E-state index contributed by atoms with van der Waals surface area (Å²) in [6.45, 7) is 4.86. The van der Waals surface area contributed by atoms with Crippen LogP contribution < -0.4 is 5.73 Å². The Morgan fingerprint density at radius 1 is 1.42 bits per heavy atom. The molecule has 6 heteroatoms. The van der Waals surface area contributed by atoms with E-state index < -0.39 is 0 Å². The Hall–Kier alpha value is -1.59. The molecule has 0 aliphatic heterocycles. The van der Waals surface area contributed by atoms with Crippen molar-refractivity contribution in [2.75, 3.05) is 5.73 Å². The molecule has 0 bridgehead atoms. The van der Waals surface area contributed by atoms with E-state index in [0.29, 0.717) is 10.0 Å². The van der Waals surface area contributed by atoms with Gasteiger partial charge in [0.05, 0.1) is 22.3 Å². The monoisotopic (exact) mass is 292 g/mol. The van der Waals surface area contributed by atoms with E-state index in [1.165, 1.54) is 11.5 Å². The molecular weight excluding hydrogens is 280 g/mol. The van der Waals surface area contributed by atoms with Crippen LogP contribution in [0, 0.1) is 6.92 Å². The van der Waals surface area contributed by atoms with Crippen LogP contribution >= 0.6 is 23.1 Å². The average molecular weight is 293 g/mol. The summed E-state index contributed by atoms with van der Waals surface area (Å²) in [7, 11) is 0. The summed E-state index contributed by atoms with van der Waals surface area (Å²) in [5, 5.41) is 1.39. The fourth-order valence-electron chi connectivity index (χ4n) is 2.27. The summed E-state index contributed by atoms with van der Waals surface area (Å²) in [5.41, 5.74) is 9.82. The quantitative estimate of drug-likeness (QED) is 0.783. The summed E-state index contributed by atoms with van der Waals surface area (Å²) < 4.78 is 6.43. The molecule has 4 nitrogen and oxygen atoms in total. The highest BCUT2D eigenvalue weighted by Gasteiger charge is 2.18. The number of aromatic nitrogens is 3. The number of nitrogens with two attached hydrogens (primary N) is 1. The van der Waals surface area contributed by atoms with Crippen molar-refractivity contribution in [2.45, 2.75) is 20.4 Å². The summed E-state index contributed by atoms with van der Waals surface area (Å²) in [4.78, 5) is 4.67. The van der Waals surface area contributed by atoms with Gasteiger partial charge in [0.2, 0.25) is 0 Å². The van der Waals surface area contributed by atoms with Gasteiger partial charge in [-0.25, -0.2) is 4.98 Å². The summed E-state index contributed by atoms with van der Waals surface area (Å²) in [5.74, 6) is 0.864. The van der Waals surface area contributed by atoms with Crippen LogP contribution in [0.15, 0.2) is 18.2 Å². The van der Waals surface area contributed by atoms with Gasteiger partial charge in [0.15, 0.2) is 0 Å². The van der Waals surface area contributed by atoms with Gasteiger partial charge in [0, 0.05) is 11.6 Å². The first-order valence-electron chi connectivity index (χ1n) is 5.99. The highest BCUT2D eigenvalue weighted by atomic mass is 35.5. The second kappa shape index (κ2) is 4.51. The van der Waals surface area contributed by atoms with Gasteiger partial charge in [-0.3, -0.25) is 0 Å². The van der Waals surface area contributed by atoms with Crippen molar-refractivity contribution >= 4 is 39.2 Å². The highest BCUT2D eigenvalue weighted by molar-refractivity contribution is 7.10. The Kier molecular flexibility index (Phi) is 2.95. The maximum atomic E-state index is 6.03. The van der Waals surface area contributed by atoms with Gasteiger partial charge in [-0.05, 0) is 43.6 Å². The number of aryl methyl sites for hydroxylation is 2. The molecule has 0 fully saturated rings. The Labute approximate surface area is 120 Å². The van der Waals surface area contributed by atoms with Crippen molar-refractivity contribution in [2.24, 2.45) is 0 Å². The number of benzene rings is 1. The first-order valence-corrected chi connectivity index (χ1v) is 7.15. The molecule has 98 valence electrons. The predicted molar refractivity (Wildman–Crippen MR) is 80.7 cm³/mol. The number of hydrogen-bond acceptors (Lipinski definition) is 4. The van der Waals surface area contributed by atoms with Crippen LogP contribution in [0.5, 0.6) is 0 Å². The van der Waals surface area contributed by atoms with Crippen LogP contribution in [-0.4, -0.2) is 13.9 Å². The third-order valence-corrected chi connectivity index (χ3v) is 4.14. The lowest BCUT2D eigenvalue weighted by atomic mass is 10.2. The van der Waals surface area contributed by atoms with Gasteiger partial charge in [-0.15, -0.1) is 0 Å². The molecule has 0 spiro atoms. The molecular formula is C13H13ClN4S. The van der Waals surface area contributed by atoms with Crippen molar-refractivity contribution < 1.29 is 0 Å². The molecule has 3 rings (SSSR count). The highest BCUT2D eigenvalue weighted by Crippen LogP contribution is 2.34. The average Bonchev–Trinajstić information content (AvgIpc) is 2.88. The van der Waals surface area contributed by atoms with E-state index in [0.717, 1.165) is 34.7 Å². The van der Waals surface area contributed by atoms with Crippen molar-refractivity contribution in [3.8, 4) is 11.4 Å². The van der Waals surface area contributed by atoms with Crippen LogP contribution in [0.3, 0.4) is 0 Å². The van der Waals surface area contributed by atoms with E-state index in [2.05, 4.69) is 20.8 Å². The smallest absolute Gasteiger partial charge is 0.146 e. The molecule has 0 aliphatic rings. The maximum Gasteiger partial charge on any atom is 0.146 e. The number of anilines is 1. The van der Waals surface area contributed by atoms with E-state index in [1.807, 2.05) is 25.1 Å². The SMILES string of the molecule is CCn1c(-c2c(C)nsc2N)nc2cc(Cl)ccc21. The Balaban J connectivity index is 2.35. The normalized spacial score (nSPS) is 11.3. The zero-order valence-electron chi connectivity index (χ0n) is 10.6. The lowest BCUT2D eigenvalue weighted by Gasteiger charge is -2.05. The summed E-state index contributed by atoms with van der Waals surface area (Å²) >= 11 is 7.33. The van der Waals surface area contributed by atoms with Gasteiger partial charge >= 0.3 is 0 Å². The molecule has 0 unspecified atom stereocenters. The largest absolute Gasteiger partial charge is 0.389 e. The third kappa shape index (κ3) is 1.89. The van der Waals surface area contributed by atoms with Crippen LogP contribution in [-0.2, 0) is 6.54 Å². The van der Waals surface area contributed by atoms with Crippen molar-refractivity contribution in [1.29, 1.82) is 0 Å². The Morgan fingerprint density at radius 3 is 2.84 bits per heavy atom. The number of imidazole rings is 1. The Bertz CT molecular complexity index is 740. The number of hydrogen-bond donors (Lipinski definition) is 1. The second-order valence-corrected chi connectivity index (χ2v) is 5.56. The molecule has 3 aromatic rings. The van der Waals surface area contributed by atoms with Crippen LogP contribution in [0.4, 0.5) is 5.00 Å². The summed E-state index contributed by atoms with van der Waals surface area (Å²) in [6.07, 6.45) is 0. The zero-order valence-corrected chi connectivity index (χ0v) is 12.2. The van der Waals surface area contributed by atoms with E-state index in [1.54, 1.807) is 0 Å². The minimum Gasteiger partial charge on any atom is -0.389 e.